The first kappa shape index (κ1) is 16.2. The molecule has 2 rings (SSSR count). The second-order valence-corrected chi connectivity index (χ2v) is 5.16. The minimum absolute atomic E-state index is 0.00186. The minimum Gasteiger partial charge on any atom is -0.388 e. The maximum atomic E-state index is 12.6. The van der Waals surface area contributed by atoms with Crippen LogP contribution in [0.5, 0.6) is 0 Å². The van der Waals surface area contributed by atoms with E-state index in [1.165, 1.54) is 11.6 Å². The Kier molecular flexibility index (Phi) is 4.37. The molecule has 0 saturated carbocycles. The molecule has 1 N–H and O–H groups in total. The van der Waals surface area contributed by atoms with Crippen molar-refractivity contribution in [2.45, 2.75) is 22.8 Å². The molecule has 7 nitrogen and oxygen atoms in total. The third-order valence-corrected chi connectivity index (χ3v) is 3.85. The molecule has 0 fully saturated rings. The number of hydrogen-bond donors (Lipinski definition) is 1. The number of hydrogen-bond acceptors (Lipinski definition) is 6. The van der Waals surface area contributed by atoms with Crippen molar-refractivity contribution < 1.29 is 23.2 Å². The second-order valence-electron chi connectivity index (χ2n) is 4.16. The summed E-state index contributed by atoms with van der Waals surface area (Å²) >= 11 is 0.794. The summed E-state index contributed by atoms with van der Waals surface area (Å²) in [5.74, 6) is 0.233. The molecule has 1 aromatic carbocycles. The summed E-state index contributed by atoms with van der Waals surface area (Å²) in [6.45, 7) is -0.376. The van der Waals surface area contributed by atoms with Gasteiger partial charge in [-0.25, -0.2) is 0 Å². The van der Waals surface area contributed by atoms with E-state index in [0.29, 0.717) is 6.07 Å². The highest BCUT2D eigenvalue weighted by Crippen LogP contribution is 2.38. The molecule has 0 aliphatic heterocycles. The number of nitrogens with zero attached hydrogens (tertiary/aromatic N) is 4. The molecule has 1 aromatic heterocycles. The van der Waals surface area contributed by atoms with E-state index in [2.05, 4.69) is 10.2 Å². The number of halogens is 3. The van der Waals surface area contributed by atoms with Crippen LogP contribution in [0.1, 0.15) is 11.4 Å². The van der Waals surface area contributed by atoms with E-state index in [0.717, 1.165) is 23.9 Å². The maximum absolute atomic E-state index is 12.6. The maximum Gasteiger partial charge on any atom is 0.416 e. The first-order valence-electron chi connectivity index (χ1n) is 5.76. The Morgan fingerprint density at radius 1 is 1.41 bits per heavy atom. The Morgan fingerprint density at radius 2 is 2.09 bits per heavy atom. The third-order valence-electron chi connectivity index (χ3n) is 2.75. The van der Waals surface area contributed by atoms with Crippen molar-refractivity contribution in [3.8, 4) is 0 Å². The predicted octanol–water partition coefficient (Wildman–Crippen LogP) is 2.39. The Hall–Kier alpha value is -2.14. The molecule has 1 heterocycles. The quantitative estimate of drug-likeness (QED) is 0.681. The molecule has 0 bridgehead atoms. The third kappa shape index (κ3) is 3.20. The molecule has 0 atom stereocenters. The zero-order valence-electron chi connectivity index (χ0n) is 11.0. The lowest BCUT2D eigenvalue weighted by molar-refractivity contribution is -0.388. The van der Waals surface area contributed by atoms with Gasteiger partial charge in [0.05, 0.1) is 15.4 Å². The van der Waals surface area contributed by atoms with E-state index in [1.807, 2.05) is 0 Å². The highest BCUT2D eigenvalue weighted by atomic mass is 32.2. The van der Waals surface area contributed by atoms with Crippen LogP contribution in [0, 0.1) is 10.1 Å². The lowest BCUT2D eigenvalue weighted by Gasteiger charge is -2.08. The summed E-state index contributed by atoms with van der Waals surface area (Å²) in [5, 5.41) is 27.6. The normalized spacial score (nSPS) is 11.7. The topological polar surface area (TPSA) is 94.1 Å². The summed E-state index contributed by atoms with van der Waals surface area (Å²) in [6, 6.07) is 2.25. The van der Waals surface area contributed by atoms with Gasteiger partial charge in [-0.05, 0) is 23.9 Å². The highest BCUT2D eigenvalue weighted by molar-refractivity contribution is 7.99. The van der Waals surface area contributed by atoms with Crippen LogP contribution in [-0.4, -0.2) is 24.8 Å². The number of nitro groups is 1. The molecule has 0 radical (unpaired) electrons. The summed E-state index contributed by atoms with van der Waals surface area (Å²) in [4.78, 5) is 10.1. The van der Waals surface area contributed by atoms with Crippen molar-refractivity contribution in [3.05, 3.63) is 39.7 Å². The molecule has 0 aliphatic carbocycles. The Balaban J connectivity index is 2.42. The summed E-state index contributed by atoms with van der Waals surface area (Å²) < 4.78 is 39.3. The van der Waals surface area contributed by atoms with Crippen LogP contribution in [0.15, 0.2) is 28.3 Å². The van der Waals surface area contributed by atoms with Crippen molar-refractivity contribution in [3.63, 3.8) is 0 Å². The van der Waals surface area contributed by atoms with Gasteiger partial charge in [-0.1, -0.05) is 0 Å². The van der Waals surface area contributed by atoms with E-state index < -0.39 is 22.4 Å². The van der Waals surface area contributed by atoms with Crippen molar-refractivity contribution in [2.24, 2.45) is 7.05 Å². The molecule has 0 amide bonds. The molecule has 118 valence electrons. The molecule has 0 aliphatic rings. The van der Waals surface area contributed by atoms with Crippen LogP contribution in [0.3, 0.4) is 0 Å². The van der Waals surface area contributed by atoms with Gasteiger partial charge in [-0.3, -0.25) is 10.1 Å². The zero-order valence-corrected chi connectivity index (χ0v) is 11.9. The van der Waals surface area contributed by atoms with Crippen molar-refractivity contribution in [1.29, 1.82) is 0 Å². The molecule has 0 unspecified atom stereocenters. The molecule has 11 heteroatoms. The number of alkyl halides is 3. The van der Waals surface area contributed by atoms with Crippen molar-refractivity contribution >= 4 is 17.4 Å². The Labute approximate surface area is 125 Å². The fraction of sp³-hybridized carbons (Fsp3) is 0.273. The van der Waals surface area contributed by atoms with Gasteiger partial charge >= 0.3 is 6.18 Å². The summed E-state index contributed by atoms with van der Waals surface area (Å²) in [7, 11) is 1.53. The monoisotopic (exact) mass is 334 g/mol. The van der Waals surface area contributed by atoms with Crippen molar-refractivity contribution in [2.75, 3.05) is 0 Å². The average molecular weight is 334 g/mol. The van der Waals surface area contributed by atoms with E-state index >= 15 is 0 Å². The fourth-order valence-electron chi connectivity index (χ4n) is 1.59. The number of nitro benzene ring substituents is 1. The SMILES string of the molecule is Cn1c(CO)nnc1Sc1ccc(C(F)(F)F)cc1[N+](=O)[O-]. The number of aromatic nitrogens is 3. The summed E-state index contributed by atoms with van der Waals surface area (Å²) in [6.07, 6.45) is -4.66. The minimum atomic E-state index is -4.66. The van der Waals surface area contributed by atoms with Gasteiger partial charge in [0.2, 0.25) is 0 Å². The number of benzene rings is 1. The van der Waals surface area contributed by atoms with Crippen LogP contribution >= 0.6 is 11.8 Å². The number of aliphatic hydroxyl groups excluding tert-OH is 1. The van der Waals surface area contributed by atoms with Gasteiger partial charge in [0, 0.05) is 13.1 Å². The van der Waals surface area contributed by atoms with Gasteiger partial charge in [0.25, 0.3) is 5.69 Å². The van der Waals surface area contributed by atoms with Gasteiger partial charge in [-0.15, -0.1) is 10.2 Å². The fourth-order valence-corrected chi connectivity index (χ4v) is 2.49. The predicted molar refractivity (Wildman–Crippen MR) is 69.1 cm³/mol. The summed E-state index contributed by atoms with van der Waals surface area (Å²) in [5.41, 5.74) is -1.77. The molecular formula is C11H9F3N4O3S. The van der Waals surface area contributed by atoms with Crippen LogP contribution in [-0.2, 0) is 19.8 Å². The van der Waals surface area contributed by atoms with Crippen LogP contribution in [0.2, 0.25) is 0 Å². The van der Waals surface area contributed by atoms with E-state index in [9.17, 15) is 23.3 Å². The van der Waals surface area contributed by atoms with Crippen LogP contribution < -0.4 is 0 Å². The zero-order chi connectivity index (χ0) is 16.5. The lowest BCUT2D eigenvalue weighted by atomic mass is 10.2. The Bertz CT molecular complexity index is 717. The lowest BCUT2D eigenvalue weighted by Crippen LogP contribution is -2.06. The molecule has 0 saturated heterocycles. The number of rotatable bonds is 4. The first-order valence-corrected chi connectivity index (χ1v) is 6.58. The van der Waals surface area contributed by atoms with Gasteiger partial charge in [0.15, 0.2) is 11.0 Å². The largest absolute Gasteiger partial charge is 0.416 e. The van der Waals surface area contributed by atoms with E-state index in [-0.39, 0.29) is 22.5 Å². The van der Waals surface area contributed by atoms with Gasteiger partial charge in [0.1, 0.15) is 6.61 Å². The molecule has 0 spiro atoms. The van der Waals surface area contributed by atoms with Crippen LogP contribution in [0.4, 0.5) is 18.9 Å². The standard InChI is InChI=1S/C11H9F3N4O3S/c1-17-9(5-19)15-16-10(17)22-8-3-2-6(11(12,13)14)4-7(8)18(20)21/h2-4,19H,5H2,1H3. The molecule has 2 aromatic rings. The number of aliphatic hydroxyl groups is 1. The van der Waals surface area contributed by atoms with Crippen LogP contribution in [0.25, 0.3) is 0 Å². The average Bonchev–Trinajstić information content (AvgIpc) is 2.78. The first-order chi connectivity index (χ1) is 10.2. The van der Waals surface area contributed by atoms with Gasteiger partial charge in [-0.2, -0.15) is 13.2 Å². The highest BCUT2D eigenvalue weighted by Gasteiger charge is 2.33. The van der Waals surface area contributed by atoms with Gasteiger partial charge < -0.3 is 9.67 Å². The van der Waals surface area contributed by atoms with E-state index in [1.54, 1.807) is 0 Å². The Morgan fingerprint density at radius 3 is 2.59 bits per heavy atom. The molecular weight excluding hydrogens is 325 g/mol. The van der Waals surface area contributed by atoms with E-state index in [4.69, 9.17) is 5.11 Å². The second kappa shape index (κ2) is 5.93. The van der Waals surface area contributed by atoms with Crippen molar-refractivity contribution in [1.82, 2.24) is 14.8 Å². The smallest absolute Gasteiger partial charge is 0.388 e. The molecule has 22 heavy (non-hydrogen) atoms.